The van der Waals surface area contributed by atoms with Gasteiger partial charge < -0.3 is 15.8 Å². The van der Waals surface area contributed by atoms with Crippen molar-refractivity contribution in [3.8, 4) is 5.75 Å². The van der Waals surface area contributed by atoms with Crippen molar-refractivity contribution in [3.05, 3.63) is 36.4 Å². The molecule has 5 nitrogen and oxygen atoms in total. The van der Waals surface area contributed by atoms with Gasteiger partial charge in [-0.3, -0.25) is 9.69 Å². The number of anilines is 1. The fraction of sp³-hybridized carbons (Fsp3) is 0.438. The third-order valence-corrected chi connectivity index (χ3v) is 3.45. The molecule has 0 spiro atoms. The van der Waals surface area contributed by atoms with Crippen molar-refractivity contribution in [2.75, 3.05) is 31.6 Å². The van der Waals surface area contributed by atoms with Gasteiger partial charge in [-0.15, -0.1) is 0 Å². The molecule has 0 aromatic heterocycles. The number of nitrogens with zero attached hydrogens (tertiary/aromatic N) is 1. The van der Waals surface area contributed by atoms with Crippen LogP contribution in [0.15, 0.2) is 36.4 Å². The predicted octanol–water partition coefficient (Wildman–Crippen LogP) is 1.61. The first-order valence-electron chi connectivity index (χ1n) is 7.36. The van der Waals surface area contributed by atoms with E-state index < -0.39 is 0 Å². The SMILES string of the molecule is CCOc1ccc(NC(=O)CN2CCC=CC2CN)cc1. The Labute approximate surface area is 125 Å². The lowest BCUT2D eigenvalue weighted by Crippen LogP contribution is -2.45. The average molecular weight is 289 g/mol. The fourth-order valence-corrected chi connectivity index (χ4v) is 2.39. The van der Waals surface area contributed by atoms with E-state index in [4.69, 9.17) is 10.5 Å². The number of nitrogens with two attached hydrogens (primary N) is 1. The zero-order chi connectivity index (χ0) is 15.1. The summed E-state index contributed by atoms with van der Waals surface area (Å²) in [5, 5.41) is 2.90. The Balaban J connectivity index is 1.87. The Morgan fingerprint density at radius 3 is 2.86 bits per heavy atom. The number of benzene rings is 1. The minimum atomic E-state index is -0.0205. The van der Waals surface area contributed by atoms with Crippen LogP contribution in [0.1, 0.15) is 13.3 Å². The van der Waals surface area contributed by atoms with Gasteiger partial charge in [-0.25, -0.2) is 0 Å². The molecule has 2 rings (SSSR count). The highest BCUT2D eigenvalue weighted by atomic mass is 16.5. The molecule has 1 aliphatic rings. The molecule has 1 amide bonds. The van der Waals surface area contributed by atoms with E-state index in [0.717, 1.165) is 24.4 Å². The molecule has 0 aliphatic carbocycles. The van der Waals surface area contributed by atoms with Gasteiger partial charge in [-0.2, -0.15) is 0 Å². The van der Waals surface area contributed by atoms with Crippen LogP contribution >= 0.6 is 0 Å². The van der Waals surface area contributed by atoms with Gasteiger partial charge in [0.1, 0.15) is 5.75 Å². The minimum Gasteiger partial charge on any atom is -0.494 e. The lowest BCUT2D eigenvalue weighted by molar-refractivity contribution is -0.117. The molecule has 1 aliphatic heterocycles. The van der Waals surface area contributed by atoms with Crippen molar-refractivity contribution >= 4 is 11.6 Å². The number of rotatable bonds is 6. The molecule has 1 aromatic rings. The van der Waals surface area contributed by atoms with Gasteiger partial charge >= 0.3 is 0 Å². The standard InChI is InChI=1S/C16H23N3O2/c1-2-21-15-8-6-13(7-9-15)18-16(20)12-19-10-4-3-5-14(19)11-17/h3,5-9,14H,2,4,10-12,17H2,1H3,(H,18,20). The molecule has 1 aromatic carbocycles. The van der Waals surface area contributed by atoms with Gasteiger partial charge in [0, 0.05) is 24.8 Å². The number of carbonyl (C=O) groups is 1. The van der Waals surface area contributed by atoms with Gasteiger partial charge in [0.15, 0.2) is 0 Å². The Morgan fingerprint density at radius 1 is 1.43 bits per heavy atom. The summed E-state index contributed by atoms with van der Waals surface area (Å²) < 4.78 is 5.37. The highest BCUT2D eigenvalue weighted by molar-refractivity contribution is 5.92. The normalized spacial score (nSPS) is 18.5. The molecule has 0 radical (unpaired) electrons. The molecule has 0 fully saturated rings. The zero-order valence-electron chi connectivity index (χ0n) is 12.4. The van der Waals surface area contributed by atoms with E-state index in [1.807, 2.05) is 31.2 Å². The number of hydrogen-bond acceptors (Lipinski definition) is 4. The lowest BCUT2D eigenvalue weighted by Gasteiger charge is -2.30. The van der Waals surface area contributed by atoms with Crippen molar-refractivity contribution in [1.29, 1.82) is 0 Å². The van der Waals surface area contributed by atoms with Gasteiger partial charge in [-0.05, 0) is 37.6 Å². The number of carbonyl (C=O) groups excluding carboxylic acids is 1. The largest absolute Gasteiger partial charge is 0.494 e. The van der Waals surface area contributed by atoms with E-state index in [9.17, 15) is 4.79 Å². The molecule has 21 heavy (non-hydrogen) atoms. The van der Waals surface area contributed by atoms with Gasteiger partial charge in [0.25, 0.3) is 0 Å². The van der Waals surface area contributed by atoms with Gasteiger partial charge in [0.2, 0.25) is 5.91 Å². The maximum absolute atomic E-state index is 12.1. The Bertz CT molecular complexity index is 485. The third-order valence-electron chi connectivity index (χ3n) is 3.45. The minimum absolute atomic E-state index is 0.0205. The summed E-state index contributed by atoms with van der Waals surface area (Å²) in [7, 11) is 0. The highest BCUT2D eigenvalue weighted by Crippen LogP contribution is 2.16. The topological polar surface area (TPSA) is 67.6 Å². The Hall–Kier alpha value is -1.85. The van der Waals surface area contributed by atoms with E-state index in [0.29, 0.717) is 19.7 Å². The first-order valence-corrected chi connectivity index (χ1v) is 7.36. The molecule has 0 bridgehead atoms. The molecule has 1 heterocycles. The summed E-state index contributed by atoms with van der Waals surface area (Å²) in [6.45, 7) is 4.34. The molecule has 1 unspecified atom stereocenters. The van der Waals surface area contributed by atoms with Gasteiger partial charge in [-0.1, -0.05) is 12.2 Å². The summed E-state index contributed by atoms with van der Waals surface area (Å²) >= 11 is 0. The maximum Gasteiger partial charge on any atom is 0.238 e. The lowest BCUT2D eigenvalue weighted by atomic mass is 10.1. The molecular formula is C16H23N3O2. The second kappa shape index (κ2) is 7.81. The molecule has 1 atom stereocenters. The second-order valence-electron chi connectivity index (χ2n) is 5.00. The second-order valence-corrected chi connectivity index (χ2v) is 5.00. The van der Waals surface area contributed by atoms with E-state index in [2.05, 4.69) is 22.4 Å². The average Bonchev–Trinajstić information content (AvgIpc) is 2.50. The van der Waals surface area contributed by atoms with E-state index in [1.165, 1.54) is 0 Å². The van der Waals surface area contributed by atoms with Crippen molar-refractivity contribution in [2.45, 2.75) is 19.4 Å². The van der Waals surface area contributed by atoms with Crippen LogP contribution in [0.4, 0.5) is 5.69 Å². The van der Waals surface area contributed by atoms with Crippen molar-refractivity contribution in [2.24, 2.45) is 5.73 Å². The summed E-state index contributed by atoms with van der Waals surface area (Å²) in [6.07, 6.45) is 5.17. The van der Waals surface area contributed by atoms with E-state index in [-0.39, 0.29) is 11.9 Å². The summed E-state index contributed by atoms with van der Waals surface area (Å²) in [5.74, 6) is 0.785. The van der Waals surface area contributed by atoms with Crippen LogP contribution in [0, 0.1) is 0 Å². The van der Waals surface area contributed by atoms with Crippen molar-refractivity contribution in [1.82, 2.24) is 4.90 Å². The maximum atomic E-state index is 12.1. The van der Waals surface area contributed by atoms with Crippen LogP contribution in [0.3, 0.4) is 0 Å². The number of hydrogen-bond donors (Lipinski definition) is 2. The smallest absolute Gasteiger partial charge is 0.238 e. The van der Waals surface area contributed by atoms with Crippen LogP contribution in [-0.4, -0.2) is 43.1 Å². The Morgan fingerprint density at radius 2 is 2.19 bits per heavy atom. The Kier molecular flexibility index (Phi) is 5.78. The van der Waals surface area contributed by atoms with Crippen LogP contribution in [0.25, 0.3) is 0 Å². The molecular weight excluding hydrogens is 266 g/mol. The summed E-state index contributed by atoms with van der Waals surface area (Å²) in [4.78, 5) is 14.2. The number of ether oxygens (including phenoxy) is 1. The van der Waals surface area contributed by atoms with Crippen LogP contribution in [-0.2, 0) is 4.79 Å². The molecule has 3 N–H and O–H groups in total. The quantitative estimate of drug-likeness (QED) is 0.781. The van der Waals surface area contributed by atoms with Crippen LogP contribution in [0.2, 0.25) is 0 Å². The van der Waals surface area contributed by atoms with E-state index >= 15 is 0 Å². The van der Waals surface area contributed by atoms with Gasteiger partial charge in [0.05, 0.1) is 13.2 Å². The number of nitrogens with one attached hydrogen (secondary N) is 1. The van der Waals surface area contributed by atoms with Crippen LogP contribution < -0.4 is 15.8 Å². The molecule has 5 heteroatoms. The first kappa shape index (κ1) is 15.5. The summed E-state index contributed by atoms with van der Waals surface area (Å²) in [6, 6.07) is 7.56. The molecule has 0 saturated heterocycles. The summed E-state index contributed by atoms with van der Waals surface area (Å²) in [5.41, 5.74) is 6.51. The van der Waals surface area contributed by atoms with Crippen molar-refractivity contribution in [3.63, 3.8) is 0 Å². The highest BCUT2D eigenvalue weighted by Gasteiger charge is 2.19. The molecule has 0 saturated carbocycles. The van der Waals surface area contributed by atoms with E-state index in [1.54, 1.807) is 0 Å². The third kappa shape index (κ3) is 4.58. The monoisotopic (exact) mass is 289 g/mol. The predicted molar refractivity (Wildman–Crippen MR) is 84.4 cm³/mol. The van der Waals surface area contributed by atoms with Crippen molar-refractivity contribution < 1.29 is 9.53 Å². The number of amides is 1. The van der Waals surface area contributed by atoms with Crippen LogP contribution in [0.5, 0.6) is 5.75 Å². The fourth-order valence-electron chi connectivity index (χ4n) is 2.39. The zero-order valence-corrected chi connectivity index (χ0v) is 12.4. The molecule has 114 valence electrons. The first-order chi connectivity index (χ1) is 10.2.